The molecule has 0 spiro atoms. The number of hydrogen-bond acceptors (Lipinski definition) is 5. The van der Waals surface area contributed by atoms with Crippen molar-refractivity contribution in [3.05, 3.63) is 110 Å². The number of nitro groups is 1. The Bertz CT molecular complexity index is 1280. The van der Waals surface area contributed by atoms with Gasteiger partial charge in [-0.05, 0) is 72.9 Å². The minimum Gasteiger partial charge on any atom is -0.504 e. The van der Waals surface area contributed by atoms with Crippen LogP contribution in [0.5, 0.6) is 0 Å². The van der Waals surface area contributed by atoms with Crippen LogP contribution in [0.15, 0.2) is 66.4 Å². The van der Waals surface area contributed by atoms with Gasteiger partial charge in [0.15, 0.2) is 11.5 Å². The number of fused-ring (bicyclic) bond motifs is 1. The number of aryl methyl sites for hydroxylation is 1. The molecule has 1 aliphatic rings. The van der Waals surface area contributed by atoms with E-state index in [4.69, 9.17) is 0 Å². The van der Waals surface area contributed by atoms with E-state index in [2.05, 4.69) is 23.1 Å². The van der Waals surface area contributed by atoms with Crippen LogP contribution in [0.3, 0.4) is 0 Å². The van der Waals surface area contributed by atoms with E-state index < -0.39 is 16.5 Å². The van der Waals surface area contributed by atoms with Gasteiger partial charge in [-0.15, -0.1) is 0 Å². The topological polar surface area (TPSA) is 83.7 Å². The summed E-state index contributed by atoms with van der Waals surface area (Å²) in [5.41, 5.74) is 5.17. The highest BCUT2D eigenvalue weighted by atomic mass is 19.1. The Hall–Kier alpha value is -4.00. The number of Topliss-reactive ketones (excluding diaryl/α,β-unsaturated/α-hetero) is 1. The van der Waals surface area contributed by atoms with Gasteiger partial charge in [-0.25, -0.2) is 4.39 Å². The number of benzene rings is 3. The van der Waals surface area contributed by atoms with Crippen LogP contribution in [-0.2, 0) is 17.6 Å². The highest BCUT2D eigenvalue weighted by molar-refractivity contribution is 5.95. The normalized spacial score (nSPS) is 15.7. The standard InChI is InChI=1S/C27H25FN2O4/c1-17-3-10-24-20(13-17)11-12-29(23-8-6-22(28)7-9-23)26(24)15-19-4-5-21(16-27(32)18(2)31)25(14-19)30(33)34/h3-10,13-14,16,26,32H,11-12,15H2,1-2H3. The summed E-state index contributed by atoms with van der Waals surface area (Å²) in [6.45, 7) is 3.98. The number of nitrogens with zero attached hydrogens (tertiary/aromatic N) is 2. The third kappa shape index (κ3) is 4.83. The summed E-state index contributed by atoms with van der Waals surface area (Å²) >= 11 is 0. The summed E-state index contributed by atoms with van der Waals surface area (Å²) in [5, 5.41) is 21.5. The number of hydrogen-bond donors (Lipinski definition) is 1. The van der Waals surface area contributed by atoms with Gasteiger partial charge < -0.3 is 10.0 Å². The minimum absolute atomic E-state index is 0.0959. The Labute approximate surface area is 197 Å². The molecular formula is C27H25FN2O4. The van der Waals surface area contributed by atoms with E-state index in [0.29, 0.717) is 6.42 Å². The van der Waals surface area contributed by atoms with Crippen molar-refractivity contribution in [1.29, 1.82) is 0 Å². The van der Waals surface area contributed by atoms with Crippen LogP contribution in [0, 0.1) is 22.9 Å². The number of rotatable bonds is 6. The van der Waals surface area contributed by atoms with Gasteiger partial charge in [0.05, 0.1) is 16.5 Å². The molecule has 1 N–H and O–H groups in total. The molecule has 0 aliphatic carbocycles. The molecule has 0 saturated heterocycles. The fourth-order valence-corrected chi connectivity index (χ4v) is 4.47. The van der Waals surface area contributed by atoms with E-state index in [1.165, 1.54) is 36.2 Å². The van der Waals surface area contributed by atoms with Gasteiger partial charge in [0.2, 0.25) is 0 Å². The van der Waals surface area contributed by atoms with Gasteiger partial charge in [-0.1, -0.05) is 29.8 Å². The number of aliphatic hydroxyl groups is 1. The first-order valence-corrected chi connectivity index (χ1v) is 11.0. The fraction of sp³-hybridized carbons (Fsp3) is 0.222. The largest absolute Gasteiger partial charge is 0.504 e. The van der Waals surface area contributed by atoms with E-state index >= 15 is 0 Å². The monoisotopic (exact) mass is 460 g/mol. The molecule has 0 saturated carbocycles. The minimum atomic E-state index is -0.567. The molecule has 34 heavy (non-hydrogen) atoms. The maximum Gasteiger partial charge on any atom is 0.276 e. The summed E-state index contributed by atoms with van der Waals surface area (Å²) < 4.78 is 13.6. The van der Waals surface area contributed by atoms with E-state index in [-0.39, 0.29) is 23.1 Å². The predicted molar refractivity (Wildman–Crippen MR) is 129 cm³/mol. The summed E-state index contributed by atoms with van der Waals surface area (Å²) in [6, 6.07) is 17.4. The average molecular weight is 461 g/mol. The Morgan fingerprint density at radius 1 is 1.18 bits per heavy atom. The van der Waals surface area contributed by atoms with Gasteiger partial charge in [0.25, 0.3) is 5.69 Å². The van der Waals surface area contributed by atoms with Gasteiger partial charge in [-0.2, -0.15) is 0 Å². The van der Waals surface area contributed by atoms with Crippen LogP contribution in [0.25, 0.3) is 6.08 Å². The number of allylic oxidation sites excluding steroid dienone is 1. The van der Waals surface area contributed by atoms with Gasteiger partial charge in [0.1, 0.15) is 5.82 Å². The van der Waals surface area contributed by atoms with Crippen molar-refractivity contribution in [3.8, 4) is 0 Å². The maximum absolute atomic E-state index is 13.6. The molecule has 7 heteroatoms. The molecule has 1 aliphatic heterocycles. The lowest BCUT2D eigenvalue weighted by molar-refractivity contribution is -0.385. The Morgan fingerprint density at radius 3 is 2.59 bits per heavy atom. The molecule has 0 radical (unpaired) electrons. The number of aliphatic hydroxyl groups excluding tert-OH is 1. The van der Waals surface area contributed by atoms with Crippen molar-refractivity contribution in [2.75, 3.05) is 11.4 Å². The molecular weight excluding hydrogens is 435 g/mol. The Kier molecular flexibility index (Phi) is 6.45. The smallest absolute Gasteiger partial charge is 0.276 e. The molecule has 3 aromatic rings. The van der Waals surface area contributed by atoms with Crippen LogP contribution < -0.4 is 4.90 Å². The quantitative estimate of drug-likeness (QED) is 0.215. The molecule has 1 unspecified atom stereocenters. The highest BCUT2D eigenvalue weighted by Gasteiger charge is 2.29. The molecule has 0 fully saturated rings. The van der Waals surface area contributed by atoms with Crippen LogP contribution in [0.2, 0.25) is 0 Å². The van der Waals surface area contributed by atoms with Crippen molar-refractivity contribution >= 4 is 23.2 Å². The van der Waals surface area contributed by atoms with Crippen molar-refractivity contribution < 1.29 is 19.2 Å². The number of ketones is 1. The van der Waals surface area contributed by atoms with Crippen molar-refractivity contribution in [3.63, 3.8) is 0 Å². The first-order valence-electron chi connectivity index (χ1n) is 11.0. The maximum atomic E-state index is 13.6. The lowest BCUT2D eigenvalue weighted by Gasteiger charge is -2.39. The number of halogens is 1. The van der Waals surface area contributed by atoms with E-state index in [0.717, 1.165) is 35.9 Å². The molecule has 6 nitrogen and oxygen atoms in total. The zero-order valence-corrected chi connectivity index (χ0v) is 19.0. The SMILES string of the molecule is CC(=O)C(O)=Cc1ccc(CC2c3ccc(C)cc3CCN2c2ccc(F)cc2)cc1[N+](=O)[O-]. The highest BCUT2D eigenvalue weighted by Crippen LogP contribution is 2.37. The Morgan fingerprint density at radius 2 is 1.91 bits per heavy atom. The van der Waals surface area contributed by atoms with Crippen molar-refractivity contribution in [1.82, 2.24) is 0 Å². The number of anilines is 1. The molecule has 3 aromatic carbocycles. The molecule has 0 bridgehead atoms. The third-order valence-electron chi connectivity index (χ3n) is 6.19. The van der Waals surface area contributed by atoms with Crippen LogP contribution in [-0.4, -0.2) is 22.4 Å². The van der Waals surface area contributed by atoms with Crippen LogP contribution in [0.4, 0.5) is 15.8 Å². The average Bonchev–Trinajstić information content (AvgIpc) is 2.80. The third-order valence-corrected chi connectivity index (χ3v) is 6.19. The second-order valence-corrected chi connectivity index (χ2v) is 8.58. The zero-order chi connectivity index (χ0) is 24.4. The Balaban J connectivity index is 1.75. The second-order valence-electron chi connectivity index (χ2n) is 8.58. The molecule has 1 atom stereocenters. The van der Waals surface area contributed by atoms with Crippen LogP contribution in [0.1, 0.15) is 40.8 Å². The molecule has 174 valence electrons. The van der Waals surface area contributed by atoms with Gasteiger partial charge in [0, 0.05) is 25.2 Å². The first kappa shape index (κ1) is 23.2. The molecule has 0 aromatic heterocycles. The summed E-state index contributed by atoms with van der Waals surface area (Å²) in [4.78, 5) is 24.8. The number of carbonyl (C=O) groups is 1. The first-order chi connectivity index (χ1) is 16.2. The van der Waals surface area contributed by atoms with Crippen molar-refractivity contribution in [2.45, 2.75) is 32.7 Å². The number of nitro benzene ring substituents is 1. The zero-order valence-electron chi connectivity index (χ0n) is 19.0. The van der Waals surface area contributed by atoms with E-state index in [1.54, 1.807) is 24.3 Å². The van der Waals surface area contributed by atoms with E-state index in [9.17, 15) is 24.4 Å². The molecule has 1 heterocycles. The van der Waals surface area contributed by atoms with Crippen molar-refractivity contribution in [2.24, 2.45) is 0 Å². The second kappa shape index (κ2) is 9.47. The lowest BCUT2D eigenvalue weighted by Crippen LogP contribution is -2.36. The van der Waals surface area contributed by atoms with Gasteiger partial charge >= 0.3 is 0 Å². The van der Waals surface area contributed by atoms with Gasteiger partial charge in [-0.3, -0.25) is 14.9 Å². The van der Waals surface area contributed by atoms with Crippen LogP contribution >= 0.6 is 0 Å². The summed E-state index contributed by atoms with van der Waals surface area (Å²) in [6.07, 6.45) is 2.46. The number of carbonyl (C=O) groups excluding carboxylic acids is 1. The van der Waals surface area contributed by atoms with E-state index in [1.807, 2.05) is 6.92 Å². The fourth-order valence-electron chi connectivity index (χ4n) is 4.47. The predicted octanol–water partition coefficient (Wildman–Crippen LogP) is 5.88. The molecule has 4 rings (SSSR count). The summed E-state index contributed by atoms with van der Waals surface area (Å²) in [5.74, 6) is -1.40. The molecule has 0 amide bonds. The lowest BCUT2D eigenvalue weighted by atomic mass is 9.87. The summed E-state index contributed by atoms with van der Waals surface area (Å²) in [7, 11) is 0.